The first kappa shape index (κ1) is 46.7. The van der Waals surface area contributed by atoms with Gasteiger partial charge in [-0.15, -0.1) is 0 Å². The zero-order valence-electron chi connectivity index (χ0n) is 43.6. The highest BCUT2D eigenvalue weighted by molar-refractivity contribution is 8.00. The zero-order chi connectivity index (χ0) is 51.5. The Kier molecular flexibility index (Phi) is 11.0. The van der Waals surface area contributed by atoms with Gasteiger partial charge in [-0.1, -0.05) is 192 Å². The molecule has 0 radical (unpaired) electrons. The van der Waals surface area contributed by atoms with Crippen molar-refractivity contribution in [2.45, 2.75) is 72.0 Å². The third kappa shape index (κ3) is 7.79. The Hall–Kier alpha value is -7.77. The highest BCUT2D eigenvalue weighted by Gasteiger charge is 2.47. The summed E-state index contributed by atoms with van der Waals surface area (Å²) < 4.78 is 7.02. The Morgan fingerprint density at radius 2 is 0.816 bits per heavy atom. The van der Waals surface area contributed by atoms with E-state index in [1.54, 1.807) is 0 Å². The summed E-state index contributed by atoms with van der Waals surface area (Å²) in [6.07, 6.45) is 0. The fourth-order valence-corrected chi connectivity index (χ4v) is 14.3. The maximum Gasteiger partial charge on any atom is 0.252 e. The molecule has 0 saturated carbocycles. The van der Waals surface area contributed by atoms with Gasteiger partial charge in [-0.3, -0.25) is 0 Å². The van der Waals surface area contributed by atoms with E-state index in [0.717, 1.165) is 39.9 Å². The molecule has 0 atom stereocenters. The summed E-state index contributed by atoms with van der Waals surface area (Å²) in [5.74, 6) is 1.59. The number of para-hydroxylation sites is 5. The van der Waals surface area contributed by atoms with Crippen molar-refractivity contribution in [3.05, 3.63) is 236 Å². The van der Waals surface area contributed by atoms with Crippen LogP contribution in [0.25, 0.3) is 0 Å². The van der Waals surface area contributed by atoms with Crippen LogP contribution in [0.1, 0.15) is 52.7 Å². The molecule has 0 bridgehead atoms. The SMILES string of the molecule is CC(C)(C)c1ccc(Oc2cc3c4c(c2)N(c2ccccc2)c2cc5c(cc2B4c2ccccc2N3c2ccccc2)B2c3ccccc3N(c3ccccc3)c3cc(Sc4ccc(C(C)(C)C)cc4)cc(c32)S5)cc1. The molecule has 10 aromatic carbocycles. The molecule has 0 aliphatic carbocycles. The van der Waals surface area contributed by atoms with Crippen molar-refractivity contribution in [3.63, 3.8) is 0 Å². The molecule has 0 saturated heterocycles. The van der Waals surface area contributed by atoms with E-state index in [4.69, 9.17) is 4.74 Å². The largest absolute Gasteiger partial charge is 0.457 e. The highest BCUT2D eigenvalue weighted by atomic mass is 32.2. The molecule has 366 valence electrons. The molecule has 76 heavy (non-hydrogen) atoms. The molecule has 0 unspecified atom stereocenters. The summed E-state index contributed by atoms with van der Waals surface area (Å²) in [6.45, 7) is 13.5. The third-order valence-corrected chi connectivity index (χ3v) is 17.8. The van der Waals surface area contributed by atoms with Crippen LogP contribution in [0, 0.1) is 0 Å². The van der Waals surface area contributed by atoms with E-state index in [0.29, 0.717) is 0 Å². The molecule has 4 aliphatic heterocycles. The first-order valence-electron chi connectivity index (χ1n) is 26.5. The molecule has 8 heteroatoms. The number of anilines is 9. The van der Waals surface area contributed by atoms with Gasteiger partial charge in [0, 0.05) is 82.9 Å². The maximum absolute atomic E-state index is 7.02. The monoisotopic (exact) mass is 1020 g/mol. The molecular weight excluding hydrogens is 961 g/mol. The number of nitrogens with zero attached hydrogens (tertiary/aromatic N) is 3. The van der Waals surface area contributed by atoms with Crippen molar-refractivity contribution in [2.75, 3.05) is 14.7 Å². The number of ether oxygens (including phenoxy) is 1. The van der Waals surface area contributed by atoms with Gasteiger partial charge in [-0.25, -0.2) is 0 Å². The van der Waals surface area contributed by atoms with Crippen LogP contribution in [0.2, 0.25) is 0 Å². The van der Waals surface area contributed by atoms with Crippen LogP contribution in [0.4, 0.5) is 51.2 Å². The lowest BCUT2D eigenvalue weighted by Gasteiger charge is -2.45. The van der Waals surface area contributed by atoms with E-state index in [1.807, 2.05) is 23.5 Å². The van der Waals surface area contributed by atoms with Crippen LogP contribution in [0.3, 0.4) is 0 Å². The van der Waals surface area contributed by atoms with E-state index >= 15 is 0 Å². The summed E-state index contributed by atoms with van der Waals surface area (Å²) in [7, 11) is 0. The molecule has 0 fully saturated rings. The number of fused-ring (bicyclic) bond motifs is 8. The number of benzene rings is 10. The zero-order valence-corrected chi connectivity index (χ0v) is 45.2. The number of hydrogen-bond donors (Lipinski definition) is 0. The summed E-state index contributed by atoms with van der Waals surface area (Å²) in [5, 5.41) is 0. The van der Waals surface area contributed by atoms with Crippen molar-refractivity contribution >= 4 is 121 Å². The van der Waals surface area contributed by atoms with Crippen molar-refractivity contribution in [2.24, 2.45) is 0 Å². The molecule has 4 aliphatic rings. The first-order chi connectivity index (χ1) is 36.9. The molecule has 14 rings (SSSR count). The quantitative estimate of drug-likeness (QED) is 0.147. The summed E-state index contributed by atoms with van der Waals surface area (Å²) in [4.78, 5) is 12.5. The van der Waals surface area contributed by atoms with Gasteiger partial charge in [0.2, 0.25) is 6.71 Å². The Labute approximate surface area is 456 Å². The normalized spacial score (nSPS) is 13.8. The van der Waals surface area contributed by atoms with Gasteiger partial charge >= 0.3 is 0 Å². The highest BCUT2D eigenvalue weighted by Crippen LogP contribution is 2.50. The van der Waals surface area contributed by atoms with Gasteiger partial charge in [0.05, 0.1) is 0 Å². The predicted molar refractivity (Wildman–Crippen MR) is 325 cm³/mol. The predicted octanol–water partition coefficient (Wildman–Crippen LogP) is 15.1. The van der Waals surface area contributed by atoms with Gasteiger partial charge in [0.1, 0.15) is 11.5 Å². The molecule has 4 nitrogen and oxygen atoms in total. The summed E-state index contributed by atoms with van der Waals surface area (Å²) in [6, 6.07) is 83.3. The van der Waals surface area contributed by atoms with Gasteiger partial charge < -0.3 is 19.4 Å². The first-order valence-corrected chi connectivity index (χ1v) is 28.1. The summed E-state index contributed by atoms with van der Waals surface area (Å²) in [5.41, 5.74) is 20.9. The minimum atomic E-state index is -0.0736. The minimum Gasteiger partial charge on any atom is -0.457 e. The van der Waals surface area contributed by atoms with Gasteiger partial charge in [-0.05, 0) is 140 Å². The third-order valence-electron chi connectivity index (χ3n) is 15.7. The van der Waals surface area contributed by atoms with E-state index in [9.17, 15) is 0 Å². The lowest BCUT2D eigenvalue weighted by atomic mass is 9.31. The second-order valence-corrected chi connectivity index (χ2v) is 24.8. The second-order valence-electron chi connectivity index (χ2n) is 22.5. The smallest absolute Gasteiger partial charge is 0.252 e. The van der Waals surface area contributed by atoms with Crippen LogP contribution < -0.4 is 52.2 Å². The average Bonchev–Trinajstić information content (AvgIpc) is 3.60. The van der Waals surface area contributed by atoms with Gasteiger partial charge in [0.25, 0.3) is 6.71 Å². The fourth-order valence-electron chi connectivity index (χ4n) is 12.1. The average molecular weight is 1020 g/mol. The lowest BCUT2D eigenvalue weighted by molar-refractivity contribution is 0.482. The Bertz CT molecular complexity index is 3890. The Morgan fingerprint density at radius 1 is 0.355 bits per heavy atom. The molecule has 0 aromatic heterocycles. The van der Waals surface area contributed by atoms with Crippen molar-refractivity contribution < 1.29 is 4.74 Å². The fraction of sp³-hybridized carbons (Fsp3) is 0.118. The van der Waals surface area contributed by atoms with Crippen LogP contribution in [-0.4, -0.2) is 13.4 Å². The van der Waals surface area contributed by atoms with Crippen LogP contribution >= 0.6 is 23.5 Å². The van der Waals surface area contributed by atoms with Crippen LogP contribution in [0.15, 0.2) is 244 Å². The van der Waals surface area contributed by atoms with Crippen molar-refractivity contribution in [3.8, 4) is 11.5 Å². The van der Waals surface area contributed by atoms with E-state index in [2.05, 4.69) is 281 Å². The molecule has 4 heterocycles. The van der Waals surface area contributed by atoms with Gasteiger partial charge in [0.15, 0.2) is 0 Å². The molecule has 0 spiro atoms. The molecule has 0 N–H and O–H groups in total. The molecule has 10 aromatic rings. The van der Waals surface area contributed by atoms with Crippen LogP contribution in [-0.2, 0) is 10.8 Å². The standard InChI is InChI=1S/C68H55B2N3OS2/c1-67(2,3)44-30-34-49(35-31-44)74-50-38-60-65-61(39-50)73(48-24-14-9-15-25-48)59-43-63-56(42-55(59)69(65)53-26-16-18-28-57(53)71(60)46-20-10-7-11-21-46)70-54-27-17-19-29-58(54)72(47-22-12-8-13-23-47)62-40-52(41-64(76-63)66(62)70)75-51-36-32-45(33-37-51)68(4,5)6/h7-43H,1-6H3. The second kappa shape index (κ2) is 17.9. The van der Waals surface area contributed by atoms with Gasteiger partial charge in [-0.2, -0.15) is 0 Å². The van der Waals surface area contributed by atoms with E-state index < -0.39 is 0 Å². The van der Waals surface area contributed by atoms with Crippen LogP contribution in [0.5, 0.6) is 11.5 Å². The topological polar surface area (TPSA) is 19.0 Å². The van der Waals surface area contributed by atoms with Crippen molar-refractivity contribution in [1.82, 2.24) is 0 Å². The Morgan fingerprint density at radius 3 is 1.34 bits per heavy atom. The number of hydrogen-bond acceptors (Lipinski definition) is 6. The van der Waals surface area contributed by atoms with E-state index in [1.165, 1.54) is 86.2 Å². The maximum atomic E-state index is 7.02. The minimum absolute atomic E-state index is 0.000951. The molecule has 0 amide bonds. The Balaban J connectivity index is 1.00. The molecular formula is C68H55B2N3OS2. The summed E-state index contributed by atoms with van der Waals surface area (Å²) >= 11 is 3.77. The lowest BCUT2D eigenvalue weighted by Crippen LogP contribution is -2.64. The van der Waals surface area contributed by atoms with Crippen molar-refractivity contribution in [1.29, 1.82) is 0 Å². The number of rotatable bonds is 7. The van der Waals surface area contributed by atoms with E-state index in [-0.39, 0.29) is 24.3 Å².